The Morgan fingerprint density at radius 3 is 2.54 bits per heavy atom. The summed E-state index contributed by atoms with van der Waals surface area (Å²) in [7, 11) is 0. The van der Waals surface area contributed by atoms with Gasteiger partial charge in [0.1, 0.15) is 23.7 Å². The third-order valence-electron chi connectivity index (χ3n) is 9.52. The standard InChI is InChI=1S/C36H45N5O9/c1-36(2,3)50-35(49)37-26-21-39(19-18-23-14-15-28(34(47)48)41(23)33(26)46)30(43)13-8-6-4-5-7-10-22-11-9-12-24-25(22)20-40(32(24)45)27-16-17-29(42)38-31(27)44/h9,11-12,23,26-28H,4-6,8,13-21H2,1-3H3,(H,37,49)(H,47,48)(H,38,42,44)/t23-,26+,27?,28+/m1/s1. The van der Waals surface area contributed by atoms with E-state index < -0.39 is 47.6 Å². The van der Waals surface area contributed by atoms with Gasteiger partial charge in [0.15, 0.2) is 0 Å². The van der Waals surface area contributed by atoms with Gasteiger partial charge in [-0.05, 0) is 77.0 Å². The van der Waals surface area contributed by atoms with Crippen molar-refractivity contribution in [1.29, 1.82) is 0 Å². The highest BCUT2D eigenvalue weighted by molar-refractivity contribution is 6.05. The molecule has 6 amide bonds. The Balaban J connectivity index is 1.13. The van der Waals surface area contributed by atoms with Crippen LogP contribution in [0.3, 0.4) is 0 Å². The molecule has 0 spiro atoms. The zero-order chi connectivity index (χ0) is 36.2. The number of piperidine rings is 1. The van der Waals surface area contributed by atoms with Gasteiger partial charge in [-0.25, -0.2) is 9.59 Å². The number of nitrogens with one attached hydrogen (secondary N) is 2. The molecular formula is C36H45N5O9. The monoisotopic (exact) mass is 691 g/mol. The number of hydrogen-bond acceptors (Lipinski definition) is 8. The number of carbonyl (C=O) groups is 7. The summed E-state index contributed by atoms with van der Waals surface area (Å²) in [6.07, 6.45) is 3.83. The van der Waals surface area contributed by atoms with Crippen LogP contribution in [0, 0.1) is 11.8 Å². The molecule has 3 N–H and O–H groups in total. The first-order valence-corrected chi connectivity index (χ1v) is 17.3. The fourth-order valence-electron chi connectivity index (χ4n) is 7.09. The molecule has 268 valence electrons. The Morgan fingerprint density at radius 2 is 1.82 bits per heavy atom. The number of amides is 6. The third-order valence-corrected chi connectivity index (χ3v) is 9.52. The van der Waals surface area contributed by atoms with E-state index in [1.54, 1.807) is 37.8 Å². The second kappa shape index (κ2) is 15.3. The van der Waals surface area contributed by atoms with Crippen molar-refractivity contribution in [3.05, 3.63) is 34.9 Å². The zero-order valence-corrected chi connectivity index (χ0v) is 28.8. The largest absolute Gasteiger partial charge is 0.480 e. The topological polar surface area (TPSA) is 183 Å². The van der Waals surface area contributed by atoms with Crippen LogP contribution < -0.4 is 10.6 Å². The maximum Gasteiger partial charge on any atom is 0.408 e. The Labute approximate surface area is 291 Å². The van der Waals surface area contributed by atoms with E-state index >= 15 is 0 Å². The van der Waals surface area contributed by atoms with Crippen LogP contribution in [0.15, 0.2) is 18.2 Å². The number of carbonyl (C=O) groups excluding carboxylic acids is 6. The normalized spacial score (nSPS) is 23.6. The van der Waals surface area contributed by atoms with Gasteiger partial charge in [-0.1, -0.05) is 24.3 Å². The predicted molar refractivity (Wildman–Crippen MR) is 178 cm³/mol. The Morgan fingerprint density at radius 1 is 1.04 bits per heavy atom. The maximum absolute atomic E-state index is 13.6. The molecule has 4 aliphatic rings. The van der Waals surface area contributed by atoms with Gasteiger partial charge in [0.2, 0.25) is 23.6 Å². The van der Waals surface area contributed by atoms with Crippen molar-refractivity contribution < 1.29 is 43.4 Å². The lowest BCUT2D eigenvalue weighted by molar-refractivity contribution is -0.152. The number of nitrogens with zero attached hydrogens (tertiary/aromatic N) is 3. The van der Waals surface area contributed by atoms with Gasteiger partial charge in [-0.2, -0.15) is 0 Å². The van der Waals surface area contributed by atoms with Gasteiger partial charge in [0.25, 0.3) is 5.91 Å². The number of carboxylic acids is 1. The molecule has 3 saturated heterocycles. The molecule has 0 saturated carbocycles. The lowest BCUT2D eigenvalue weighted by Gasteiger charge is -2.38. The summed E-state index contributed by atoms with van der Waals surface area (Å²) in [6.45, 7) is 5.59. The summed E-state index contributed by atoms with van der Waals surface area (Å²) in [5, 5.41) is 14.6. The fraction of sp³-hybridized carbons (Fsp3) is 0.583. The highest BCUT2D eigenvalue weighted by Gasteiger charge is 2.46. The van der Waals surface area contributed by atoms with E-state index in [1.165, 1.54) is 9.80 Å². The molecule has 4 atom stereocenters. The zero-order valence-electron chi connectivity index (χ0n) is 28.8. The van der Waals surface area contributed by atoms with Crippen LogP contribution in [0.4, 0.5) is 4.79 Å². The molecule has 5 rings (SSSR count). The van der Waals surface area contributed by atoms with E-state index in [2.05, 4.69) is 22.5 Å². The summed E-state index contributed by atoms with van der Waals surface area (Å²) in [5.41, 5.74) is 1.19. The van der Waals surface area contributed by atoms with Crippen molar-refractivity contribution in [3.8, 4) is 11.8 Å². The van der Waals surface area contributed by atoms with Gasteiger partial charge < -0.3 is 29.9 Å². The Kier molecular flexibility index (Phi) is 11.1. The van der Waals surface area contributed by atoms with Crippen LogP contribution in [0.5, 0.6) is 0 Å². The molecule has 0 aromatic heterocycles. The smallest absolute Gasteiger partial charge is 0.408 e. The van der Waals surface area contributed by atoms with E-state index in [-0.39, 0.29) is 49.7 Å². The number of benzene rings is 1. The van der Waals surface area contributed by atoms with Gasteiger partial charge >= 0.3 is 12.1 Å². The molecule has 50 heavy (non-hydrogen) atoms. The molecule has 1 aromatic carbocycles. The van der Waals surface area contributed by atoms with E-state index in [0.29, 0.717) is 50.6 Å². The quantitative estimate of drug-likeness (QED) is 0.209. The number of aliphatic carboxylic acids is 1. The summed E-state index contributed by atoms with van der Waals surface area (Å²) in [5.74, 6) is 3.52. The Hall–Kier alpha value is -4.93. The highest BCUT2D eigenvalue weighted by atomic mass is 16.6. The minimum Gasteiger partial charge on any atom is -0.480 e. The van der Waals surface area contributed by atoms with Gasteiger partial charge in [-0.15, -0.1) is 0 Å². The van der Waals surface area contributed by atoms with E-state index in [9.17, 15) is 38.7 Å². The summed E-state index contributed by atoms with van der Waals surface area (Å²) >= 11 is 0. The molecule has 14 heteroatoms. The Bertz CT molecular complexity index is 1620. The SMILES string of the molecule is CC(C)(C)OC(=O)N[C@H]1CN(C(=O)CCCCCC#Cc2cccc3c2CN(C2CCC(=O)NC2=O)C3=O)CC[C@H]2CC[C@@H](C(=O)O)N2C1=O. The molecule has 3 fully saturated rings. The van der Waals surface area contributed by atoms with Crippen LogP contribution in [0.25, 0.3) is 0 Å². The number of alkyl carbamates (subject to hydrolysis) is 1. The van der Waals surface area contributed by atoms with Crippen LogP contribution in [-0.2, 0) is 35.3 Å². The van der Waals surface area contributed by atoms with Crippen LogP contribution >= 0.6 is 0 Å². The van der Waals surface area contributed by atoms with Crippen LogP contribution in [0.1, 0.15) is 106 Å². The van der Waals surface area contributed by atoms with Gasteiger partial charge in [-0.3, -0.25) is 29.3 Å². The lowest BCUT2D eigenvalue weighted by atomic mass is 10.0. The summed E-state index contributed by atoms with van der Waals surface area (Å²) in [6, 6.07) is 2.18. The molecule has 0 aliphatic carbocycles. The van der Waals surface area contributed by atoms with Crippen molar-refractivity contribution in [2.24, 2.45) is 0 Å². The van der Waals surface area contributed by atoms with E-state index in [1.807, 2.05) is 6.07 Å². The van der Waals surface area contributed by atoms with Crippen molar-refractivity contribution in [2.45, 2.75) is 121 Å². The first-order chi connectivity index (χ1) is 23.7. The highest BCUT2D eigenvalue weighted by Crippen LogP contribution is 2.31. The van der Waals surface area contributed by atoms with Crippen molar-refractivity contribution in [3.63, 3.8) is 0 Å². The second-order valence-electron chi connectivity index (χ2n) is 14.3. The first kappa shape index (κ1) is 36.4. The molecule has 1 aromatic rings. The van der Waals surface area contributed by atoms with Gasteiger partial charge in [0.05, 0.1) is 6.54 Å². The molecule has 4 aliphatic heterocycles. The van der Waals surface area contributed by atoms with Crippen molar-refractivity contribution in [1.82, 2.24) is 25.3 Å². The second-order valence-corrected chi connectivity index (χ2v) is 14.3. The minimum absolute atomic E-state index is 0.0805. The van der Waals surface area contributed by atoms with E-state index in [0.717, 1.165) is 24.0 Å². The number of fused-ring (bicyclic) bond motifs is 2. The number of ether oxygens (including phenoxy) is 1. The maximum atomic E-state index is 13.6. The molecule has 1 unspecified atom stereocenters. The average Bonchev–Trinajstić information content (AvgIpc) is 3.61. The third kappa shape index (κ3) is 8.43. The van der Waals surface area contributed by atoms with E-state index in [4.69, 9.17) is 4.74 Å². The summed E-state index contributed by atoms with van der Waals surface area (Å²) < 4.78 is 5.35. The predicted octanol–water partition coefficient (Wildman–Crippen LogP) is 2.32. The molecular weight excluding hydrogens is 646 g/mol. The number of unbranched alkanes of at least 4 members (excludes halogenated alkanes) is 3. The fourth-order valence-corrected chi connectivity index (χ4v) is 7.09. The summed E-state index contributed by atoms with van der Waals surface area (Å²) in [4.78, 5) is 93.0. The molecule has 14 nitrogen and oxygen atoms in total. The number of hydrogen-bond donors (Lipinski definition) is 3. The molecule has 0 bridgehead atoms. The number of carboxylic acid groups (broad SMARTS) is 1. The van der Waals surface area contributed by atoms with Crippen molar-refractivity contribution >= 4 is 41.6 Å². The first-order valence-electron chi connectivity index (χ1n) is 17.3. The number of rotatable bonds is 8. The van der Waals surface area contributed by atoms with Crippen LogP contribution in [0.2, 0.25) is 0 Å². The molecule has 0 radical (unpaired) electrons. The average molecular weight is 692 g/mol. The van der Waals surface area contributed by atoms with Crippen LogP contribution in [-0.4, -0.2) is 104 Å². The lowest BCUT2D eigenvalue weighted by Crippen LogP contribution is -2.60. The van der Waals surface area contributed by atoms with Crippen molar-refractivity contribution in [2.75, 3.05) is 13.1 Å². The number of imide groups is 1. The molecule has 4 heterocycles. The minimum atomic E-state index is -1.14. The van der Waals surface area contributed by atoms with Gasteiger partial charge in [0, 0.05) is 49.5 Å².